The number of esters is 2. The van der Waals surface area contributed by atoms with Crippen LogP contribution in [0.25, 0.3) is 0 Å². The molecule has 1 aliphatic heterocycles. The monoisotopic (exact) mass is 751 g/mol. The number of carbonyl (C=O) groups excluding carboxylic acids is 2. The molecule has 53 heavy (non-hydrogen) atoms. The molecule has 0 amide bonds. The van der Waals surface area contributed by atoms with Crippen LogP contribution in [0.2, 0.25) is 0 Å². The Bertz CT molecular complexity index is 742. The zero-order valence-corrected chi connectivity index (χ0v) is 35.8. The van der Waals surface area contributed by atoms with E-state index < -0.39 is 0 Å². The molecule has 1 aliphatic rings. The topological polar surface area (TPSA) is 88.1 Å². The van der Waals surface area contributed by atoms with E-state index in [4.69, 9.17) is 9.47 Å². The highest BCUT2D eigenvalue weighted by atomic mass is 16.5. The minimum atomic E-state index is 0.00444. The number of hydrogen-bond acceptors (Lipinski definition) is 7. The van der Waals surface area contributed by atoms with Gasteiger partial charge in [0.2, 0.25) is 0 Å². The summed E-state index contributed by atoms with van der Waals surface area (Å²) in [5.74, 6) is 0.00888. The van der Waals surface area contributed by atoms with E-state index in [0.717, 1.165) is 110 Å². The smallest absolute Gasteiger partial charge is 0.306 e. The van der Waals surface area contributed by atoms with Crippen LogP contribution < -0.4 is 5.32 Å². The van der Waals surface area contributed by atoms with Gasteiger partial charge in [0.15, 0.2) is 0 Å². The Labute approximate surface area is 329 Å². The molecule has 0 aromatic rings. The number of rotatable bonds is 38. The van der Waals surface area contributed by atoms with Gasteiger partial charge < -0.3 is 24.8 Å². The fourth-order valence-corrected chi connectivity index (χ4v) is 8.00. The van der Waals surface area contributed by atoms with Crippen molar-refractivity contribution in [1.82, 2.24) is 10.2 Å². The van der Waals surface area contributed by atoms with Gasteiger partial charge in [-0.2, -0.15) is 0 Å². The van der Waals surface area contributed by atoms with Crippen molar-refractivity contribution in [3.8, 4) is 0 Å². The summed E-state index contributed by atoms with van der Waals surface area (Å²) in [6.45, 7) is 12.4. The lowest BCUT2D eigenvalue weighted by Crippen LogP contribution is -2.56. The Morgan fingerprint density at radius 3 is 1.26 bits per heavy atom. The minimum Gasteiger partial charge on any atom is -0.462 e. The molecule has 0 aromatic carbocycles. The van der Waals surface area contributed by atoms with Crippen molar-refractivity contribution in [3.63, 3.8) is 0 Å². The van der Waals surface area contributed by atoms with Crippen molar-refractivity contribution in [3.05, 3.63) is 0 Å². The number of unbranched alkanes of at least 4 members (excludes halogenated alkanes) is 17. The third-order valence-electron chi connectivity index (χ3n) is 11.3. The second-order valence-electron chi connectivity index (χ2n) is 16.6. The summed E-state index contributed by atoms with van der Waals surface area (Å²) in [6, 6.07) is 0.930. The van der Waals surface area contributed by atoms with Gasteiger partial charge in [-0.15, -0.1) is 0 Å². The summed E-state index contributed by atoms with van der Waals surface area (Å²) in [7, 11) is 0. The number of aliphatic hydroxyl groups is 1. The first-order chi connectivity index (χ1) is 25.9. The third-order valence-corrected chi connectivity index (χ3v) is 11.3. The highest BCUT2D eigenvalue weighted by molar-refractivity contribution is 5.69. The predicted octanol–water partition coefficient (Wildman–Crippen LogP) is 12.0. The third kappa shape index (κ3) is 29.7. The van der Waals surface area contributed by atoms with E-state index in [9.17, 15) is 14.7 Å². The molecule has 0 spiro atoms. The molecule has 0 radical (unpaired) electrons. The van der Waals surface area contributed by atoms with Gasteiger partial charge in [0.25, 0.3) is 0 Å². The first-order valence-electron chi connectivity index (χ1n) is 23.4. The van der Waals surface area contributed by atoms with Gasteiger partial charge in [0.1, 0.15) is 12.2 Å². The molecule has 1 saturated heterocycles. The van der Waals surface area contributed by atoms with Gasteiger partial charge in [-0.3, -0.25) is 9.59 Å². The average Bonchev–Trinajstić information content (AvgIpc) is 3.15. The average molecular weight is 751 g/mol. The first-order valence-corrected chi connectivity index (χ1v) is 23.4. The number of hydrogen-bond donors (Lipinski definition) is 2. The molecule has 314 valence electrons. The maximum atomic E-state index is 12.8. The van der Waals surface area contributed by atoms with Crippen LogP contribution in [0.1, 0.15) is 233 Å². The van der Waals surface area contributed by atoms with E-state index in [1.54, 1.807) is 0 Å². The standard InChI is InChI=1S/C46H90N2O5/c1-5-9-13-21-31-43(32-22-14-10-6-2)52-45(50)35-25-17-19-29-41-39-48(37-27-28-38-49)40-42(47-41)30-20-18-26-36-46(51)53-44(33-23-15-11-7-3)34-24-16-12-8-4/h41-44,47,49H,5-40H2,1-4H3. The SMILES string of the molecule is CCCCCCC(CCCCCC)OC(=O)CCCCCC1CN(CCCCO)CC(CCCCCC(=O)OC(CCCCCC)CCCCCC)N1. The molecule has 2 unspecified atom stereocenters. The molecule has 2 N–H and O–H groups in total. The maximum absolute atomic E-state index is 12.8. The predicted molar refractivity (Wildman–Crippen MR) is 224 cm³/mol. The van der Waals surface area contributed by atoms with Crippen molar-refractivity contribution in [2.75, 3.05) is 26.2 Å². The van der Waals surface area contributed by atoms with Crippen molar-refractivity contribution in [2.45, 2.75) is 257 Å². The molecule has 2 atom stereocenters. The molecule has 1 heterocycles. The lowest BCUT2D eigenvalue weighted by Gasteiger charge is -2.39. The van der Waals surface area contributed by atoms with Crippen LogP contribution in [0.3, 0.4) is 0 Å². The van der Waals surface area contributed by atoms with E-state index in [-0.39, 0.29) is 30.8 Å². The molecular weight excluding hydrogens is 661 g/mol. The van der Waals surface area contributed by atoms with Gasteiger partial charge in [0, 0.05) is 44.6 Å². The summed E-state index contributed by atoms with van der Waals surface area (Å²) in [4.78, 5) is 28.1. The Hall–Kier alpha value is -1.18. The summed E-state index contributed by atoms with van der Waals surface area (Å²) in [6.07, 6.45) is 35.4. The van der Waals surface area contributed by atoms with Gasteiger partial charge in [-0.1, -0.05) is 130 Å². The zero-order valence-electron chi connectivity index (χ0n) is 35.8. The molecule has 0 aromatic heterocycles. The van der Waals surface area contributed by atoms with Crippen LogP contribution >= 0.6 is 0 Å². The van der Waals surface area contributed by atoms with Crippen LogP contribution in [0.4, 0.5) is 0 Å². The summed E-state index contributed by atoms with van der Waals surface area (Å²) >= 11 is 0. The van der Waals surface area contributed by atoms with Crippen LogP contribution in [0.5, 0.6) is 0 Å². The molecule has 7 heteroatoms. The van der Waals surface area contributed by atoms with Crippen molar-refractivity contribution in [1.29, 1.82) is 0 Å². The van der Waals surface area contributed by atoms with Crippen LogP contribution in [0, 0.1) is 0 Å². The minimum absolute atomic E-state index is 0.00444. The fourth-order valence-electron chi connectivity index (χ4n) is 8.00. The second-order valence-corrected chi connectivity index (χ2v) is 16.6. The van der Waals surface area contributed by atoms with Gasteiger partial charge in [-0.25, -0.2) is 0 Å². The number of aliphatic hydroxyl groups excluding tert-OH is 1. The Kier molecular flexibility index (Phi) is 34.3. The van der Waals surface area contributed by atoms with Crippen LogP contribution in [-0.2, 0) is 19.1 Å². The van der Waals surface area contributed by atoms with E-state index in [0.29, 0.717) is 24.9 Å². The molecule has 1 rings (SSSR count). The van der Waals surface area contributed by atoms with Gasteiger partial charge in [-0.05, 0) is 96.4 Å². The Morgan fingerprint density at radius 2 is 0.906 bits per heavy atom. The lowest BCUT2D eigenvalue weighted by atomic mass is 9.99. The number of piperazine rings is 1. The fraction of sp³-hybridized carbons (Fsp3) is 0.957. The van der Waals surface area contributed by atoms with Gasteiger partial charge in [0.05, 0.1) is 0 Å². The maximum Gasteiger partial charge on any atom is 0.306 e. The quantitative estimate of drug-likeness (QED) is 0.0480. The largest absolute Gasteiger partial charge is 0.462 e. The molecular formula is C46H90N2O5. The number of nitrogens with one attached hydrogen (secondary N) is 1. The molecule has 0 aliphatic carbocycles. The van der Waals surface area contributed by atoms with E-state index in [2.05, 4.69) is 37.9 Å². The van der Waals surface area contributed by atoms with E-state index in [1.165, 1.54) is 103 Å². The number of carbonyl (C=O) groups is 2. The van der Waals surface area contributed by atoms with Crippen LogP contribution in [0.15, 0.2) is 0 Å². The summed E-state index contributed by atoms with van der Waals surface area (Å²) < 4.78 is 12.0. The molecule has 1 fully saturated rings. The lowest BCUT2D eigenvalue weighted by molar-refractivity contribution is -0.151. The number of ether oxygens (including phenoxy) is 2. The van der Waals surface area contributed by atoms with Crippen molar-refractivity contribution < 1.29 is 24.2 Å². The van der Waals surface area contributed by atoms with Crippen molar-refractivity contribution >= 4 is 11.9 Å². The second kappa shape index (κ2) is 36.5. The first kappa shape index (κ1) is 49.8. The van der Waals surface area contributed by atoms with Gasteiger partial charge >= 0.3 is 11.9 Å². The number of nitrogens with zero attached hydrogens (tertiary/aromatic N) is 1. The van der Waals surface area contributed by atoms with Crippen LogP contribution in [-0.4, -0.2) is 72.5 Å². The zero-order chi connectivity index (χ0) is 38.6. The Morgan fingerprint density at radius 1 is 0.528 bits per heavy atom. The van der Waals surface area contributed by atoms with E-state index >= 15 is 0 Å². The van der Waals surface area contributed by atoms with E-state index in [1.807, 2.05) is 0 Å². The summed E-state index contributed by atoms with van der Waals surface area (Å²) in [5, 5.41) is 13.3. The molecule has 0 bridgehead atoms. The van der Waals surface area contributed by atoms with Crippen molar-refractivity contribution in [2.24, 2.45) is 0 Å². The summed E-state index contributed by atoms with van der Waals surface area (Å²) in [5.41, 5.74) is 0. The highest BCUT2D eigenvalue weighted by Gasteiger charge is 2.26. The highest BCUT2D eigenvalue weighted by Crippen LogP contribution is 2.20. The Balaban J connectivity index is 2.43. The molecule has 7 nitrogen and oxygen atoms in total. The molecule has 0 saturated carbocycles. The normalized spacial score (nSPS) is 16.5.